The number of β-amino-alcohol motifs (C(OH)–C–C–N with tert-alkyl or cyclic N) is 1. The van der Waals surface area contributed by atoms with Gasteiger partial charge in [0.25, 0.3) is 0 Å². The summed E-state index contributed by atoms with van der Waals surface area (Å²) in [7, 11) is 0. The molecule has 1 aliphatic heterocycles. The molecule has 0 saturated carbocycles. The summed E-state index contributed by atoms with van der Waals surface area (Å²) in [6.45, 7) is 5.50. The van der Waals surface area contributed by atoms with E-state index in [1.165, 1.54) is 0 Å². The normalized spacial score (nSPS) is 25.4. The van der Waals surface area contributed by atoms with Gasteiger partial charge in [0.1, 0.15) is 0 Å². The Bertz CT molecular complexity index is 326. The molecule has 5 nitrogen and oxygen atoms in total. The van der Waals surface area contributed by atoms with Crippen LogP contribution >= 0.6 is 0 Å². The molecule has 1 aromatic heterocycles. The summed E-state index contributed by atoms with van der Waals surface area (Å²) in [6.07, 6.45) is 1.70. The van der Waals surface area contributed by atoms with E-state index in [1.807, 2.05) is 6.92 Å². The van der Waals surface area contributed by atoms with Crippen molar-refractivity contribution in [2.24, 2.45) is 0 Å². The zero-order valence-corrected chi connectivity index (χ0v) is 9.18. The van der Waals surface area contributed by atoms with Gasteiger partial charge in [0.05, 0.1) is 12.1 Å². The molecule has 0 bridgehead atoms. The van der Waals surface area contributed by atoms with Crippen molar-refractivity contribution in [3.63, 3.8) is 0 Å². The molecule has 0 aliphatic carbocycles. The van der Waals surface area contributed by atoms with E-state index in [4.69, 9.17) is 4.42 Å². The monoisotopic (exact) mass is 211 g/mol. The number of rotatable bonds is 2. The largest absolute Gasteiger partial charge is 0.424 e. The quantitative estimate of drug-likeness (QED) is 0.787. The maximum Gasteiger partial charge on any atom is 0.233 e. The third kappa shape index (κ3) is 2.35. The molecule has 0 amide bonds. The highest BCUT2D eigenvalue weighted by Gasteiger charge is 2.25. The summed E-state index contributed by atoms with van der Waals surface area (Å²) in [6, 6.07) is 0.0983. The molecule has 0 radical (unpaired) electrons. The minimum absolute atomic E-state index is 0.0983. The predicted octanol–water partition coefficient (Wildman–Crippen LogP) is 0.896. The molecular formula is C10H17N3O2. The Morgan fingerprint density at radius 2 is 2.33 bits per heavy atom. The zero-order valence-electron chi connectivity index (χ0n) is 9.18. The third-order valence-electron chi connectivity index (χ3n) is 2.87. The van der Waals surface area contributed by atoms with Crippen LogP contribution in [0.5, 0.6) is 0 Å². The van der Waals surface area contributed by atoms with Gasteiger partial charge in [-0.15, -0.1) is 10.2 Å². The fraction of sp³-hybridized carbons (Fsp3) is 0.800. The molecule has 0 aromatic carbocycles. The number of aryl methyl sites for hydroxylation is 1. The van der Waals surface area contributed by atoms with Crippen LogP contribution in [0.3, 0.4) is 0 Å². The van der Waals surface area contributed by atoms with Crippen LogP contribution < -0.4 is 0 Å². The molecular weight excluding hydrogens is 194 g/mol. The van der Waals surface area contributed by atoms with Gasteiger partial charge in [0.15, 0.2) is 0 Å². The molecule has 2 rings (SSSR count). The third-order valence-corrected chi connectivity index (χ3v) is 2.87. The van der Waals surface area contributed by atoms with Crippen LogP contribution in [0.2, 0.25) is 0 Å². The Balaban J connectivity index is 2.03. The summed E-state index contributed by atoms with van der Waals surface area (Å²) in [5, 5.41) is 17.4. The molecule has 5 heteroatoms. The van der Waals surface area contributed by atoms with Crippen LogP contribution in [0.15, 0.2) is 4.42 Å². The first-order valence-electron chi connectivity index (χ1n) is 5.39. The molecule has 1 fully saturated rings. The minimum atomic E-state index is -0.217. The highest BCUT2D eigenvalue weighted by Crippen LogP contribution is 2.22. The zero-order chi connectivity index (χ0) is 10.8. The Morgan fingerprint density at radius 3 is 2.93 bits per heavy atom. The summed E-state index contributed by atoms with van der Waals surface area (Å²) >= 11 is 0. The number of piperidine rings is 1. The van der Waals surface area contributed by atoms with Crippen molar-refractivity contribution in [3.8, 4) is 0 Å². The number of aliphatic hydroxyl groups excluding tert-OH is 1. The minimum Gasteiger partial charge on any atom is -0.424 e. The maximum atomic E-state index is 9.57. The van der Waals surface area contributed by atoms with E-state index < -0.39 is 0 Å². The van der Waals surface area contributed by atoms with Crippen molar-refractivity contribution in [2.45, 2.75) is 38.8 Å². The van der Waals surface area contributed by atoms with Gasteiger partial charge in [-0.1, -0.05) is 0 Å². The predicted molar refractivity (Wildman–Crippen MR) is 54.3 cm³/mol. The fourth-order valence-corrected chi connectivity index (χ4v) is 1.97. The van der Waals surface area contributed by atoms with Gasteiger partial charge in [0.2, 0.25) is 11.8 Å². The van der Waals surface area contributed by atoms with E-state index in [1.54, 1.807) is 6.92 Å². The van der Waals surface area contributed by atoms with Gasteiger partial charge in [-0.25, -0.2) is 0 Å². The number of aromatic nitrogens is 2. The van der Waals surface area contributed by atoms with Crippen molar-refractivity contribution >= 4 is 0 Å². The lowest BCUT2D eigenvalue weighted by atomic mass is 10.1. The molecule has 2 heterocycles. The molecule has 0 unspecified atom stereocenters. The second kappa shape index (κ2) is 4.28. The second-order valence-corrected chi connectivity index (χ2v) is 4.13. The molecule has 15 heavy (non-hydrogen) atoms. The first kappa shape index (κ1) is 10.6. The number of nitrogens with zero attached hydrogens (tertiary/aromatic N) is 3. The van der Waals surface area contributed by atoms with E-state index in [-0.39, 0.29) is 12.1 Å². The summed E-state index contributed by atoms with van der Waals surface area (Å²) in [4.78, 5) is 2.18. The fourth-order valence-electron chi connectivity index (χ4n) is 1.97. The summed E-state index contributed by atoms with van der Waals surface area (Å²) in [5.74, 6) is 1.23. The van der Waals surface area contributed by atoms with Crippen LogP contribution in [0.1, 0.15) is 37.6 Å². The van der Waals surface area contributed by atoms with Crippen molar-refractivity contribution in [2.75, 3.05) is 13.1 Å². The van der Waals surface area contributed by atoms with Gasteiger partial charge in [-0.2, -0.15) is 0 Å². The Kier molecular flexibility index (Phi) is 3.02. The number of hydrogen-bond acceptors (Lipinski definition) is 5. The van der Waals surface area contributed by atoms with Crippen LogP contribution in [0, 0.1) is 6.92 Å². The Morgan fingerprint density at radius 1 is 1.53 bits per heavy atom. The van der Waals surface area contributed by atoms with E-state index in [9.17, 15) is 5.11 Å². The highest BCUT2D eigenvalue weighted by atomic mass is 16.4. The lowest BCUT2D eigenvalue weighted by molar-refractivity contribution is 0.0436. The van der Waals surface area contributed by atoms with Crippen LogP contribution in [-0.4, -0.2) is 39.4 Å². The summed E-state index contributed by atoms with van der Waals surface area (Å²) in [5.41, 5.74) is 0. The van der Waals surface area contributed by atoms with Crippen LogP contribution in [-0.2, 0) is 0 Å². The molecule has 2 atom stereocenters. The standard InChI is InChI=1S/C10H17N3O2/c1-7(10-12-11-8(2)15-10)13-5-3-4-9(14)6-13/h7,9,14H,3-6H2,1-2H3/t7-,9+/m0/s1. The molecule has 84 valence electrons. The molecule has 1 N–H and O–H groups in total. The van der Waals surface area contributed by atoms with Crippen molar-refractivity contribution < 1.29 is 9.52 Å². The second-order valence-electron chi connectivity index (χ2n) is 4.13. The van der Waals surface area contributed by atoms with E-state index in [0.29, 0.717) is 18.3 Å². The van der Waals surface area contributed by atoms with Gasteiger partial charge < -0.3 is 9.52 Å². The SMILES string of the molecule is Cc1nnc([C@H](C)N2CCC[C@@H](O)C2)o1. The van der Waals surface area contributed by atoms with Crippen LogP contribution in [0.25, 0.3) is 0 Å². The average molecular weight is 211 g/mol. The number of hydrogen-bond donors (Lipinski definition) is 1. The first-order chi connectivity index (χ1) is 7.16. The lowest BCUT2D eigenvalue weighted by Crippen LogP contribution is -2.39. The molecule has 1 aliphatic rings. The van der Waals surface area contributed by atoms with Gasteiger partial charge in [-0.3, -0.25) is 4.90 Å². The average Bonchev–Trinajstić information content (AvgIpc) is 2.64. The van der Waals surface area contributed by atoms with E-state index in [0.717, 1.165) is 19.4 Å². The van der Waals surface area contributed by atoms with Crippen molar-refractivity contribution in [3.05, 3.63) is 11.8 Å². The van der Waals surface area contributed by atoms with Crippen molar-refractivity contribution in [1.29, 1.82) is 0 Å². The van der Waals surface area contributed by atoms with Gasteiger partial charge >= 0.3 is 0 Å². The maximum absolute atomic E-state index is 9.57. The highest BCUT2D eigenvalue weighted by molar-refractivity contribution is 4.90. The topological polar surface area (TPSA) is 62.4 Å². The van der Waals surface area contributed by atoms with Gasteiger partial charge in [-0.05, 0) is 26.3 Å². The van der Waals surface area contributed by atoms with E-state index in [2.05, 4.69) is 15.1 Å². The smallest absolute Gasteiger partial charge is 0.233 e. The molecule has 1 saturated heterocycles. The first-order valence-corrected chi connectivity index (χ1v) is 5.39. The molecule has 0 spiro atoms. The Labute approximate surface area is 89.1 Å². The van der Waals surface area contributed by atoms with E-state index >= 15 is 0 Å². The number of likely N-dealkylation sites (tertiary alicyclic amines) is 1. The lowest BCUT2D eigenvalue weighted by Gasteiger charge is -2.32. The molecule has 1 aromatic rings. The Hall–Kier alpha value is -0.940. The number of aliphatic hydroxyl groups is 1. The van der Waals surface area contributed by atoms with Crippen molar-refractivity contribution in [1.82, 2.24) is 15.1 Å². The van der Waals surface area contributed by atoms with Gasteiger partial charge in [0, 0.05) is 13.5 Å². The summed E-state index contributed by atoms with van der Waals surface area (Å²) < 4.78 is 5.39. The van der Waals surface area contributed by atoms with Crippen LogP contribution in [0.4, 0.5) is 0 Å².